The summed E-state index contributed by atoms with van der Waals surface area (Å²) in [7, 11) is 0. The molecule has 2 heterocycles. The van der Waals surface area contributed by atoms with Crippen LogP contribution in [0.1, 0.15) is 25.3 Å². The van der Waals surface area contributed by atoms with E-state index in [0.29, 0.717) is 6.61 Å². The van der Waals surface area contributed by atoms with Crippen molar-refractivity contribution in [3.63, 3.8) is 0 Å². The Hall–Kier alpha value is -1.55. The average Bonchev–Trinajstić information content (AvgIpc) is 2.65. The molecular weight excluding hydrogens is 228 g/mol. The zero-order chi connectivity index (χ0) is 12.6. The van der Waals surface area contributed by atoms with Crippen LogP contribution in [0.3, 0.4) is 0 Å². The summed E-state index contributed by atoms with van der Waals surface area (Å²) in [5.41, 5.74) is 1.72. The highest BCUT2D eigenvalue weighted by atomic mass is 16.5. The summed E-state index contributed by atoms with van der Waals surface area (Å²) < 4.78 is 5.55. The molecule has 0 unspecified atom stereocenters. The lowest BCUT2D eigenvalue weighted by atomic mass is 9.74. The third-order valence-corrected chi connectivity index (χ3v) is 3.96. The molecular formula is C14H18N2O2. The molecule has 0 radical (unpaired) electrons. The van der Waals surface area contributed by atoms with Gasteiger partial charge in [0.15, 0.2) is 0 Å². The van der Waals surface area contributed by atoms with E-state index in [2.05, 4.69) is 10.6 Å². The number of hydrogen-bond donors (Lipinski definition) is 2. The normalized spacial score (nSPS) is 20.6. The van der Waals surface area contributed by atoms with E-state index < -0.39 is 0 Å². The van der Waals surface area contributed by atoms with E-state index in [1.54, 1.807) is 0 Å². The number of nitrogens with one attached hydrogen (secondary N) is 2. The Morgan fingerprint density at radius 2 is 2.11 bits per heavy atom. The molecule has 1 aromatic rings. The minimum absolute atomic E-state index is 0.146. The van der Waals surface area contributed by atoms with Crippen LogP contribution in [0.2, 0.25) is 0 Å². The van der Waals surface area contributed by atoms with Gasteiger partial charge in [-0.05, 0) is 56.6 Å². The molecule has 4 nitrogen and oxygen atoms in total. The number of carbonyl (C=O) groups excluding carboxylic acids is 1. The van der Waals surface area contributed by atoms with Gasteiger partial charge in [0.05, 0.1) is 12.0 Å². The van der Waals surface area contributed by atoms with Crippen LogP contribution >= 0.6 is 0 Å². The lowest BCUT2D eigenvalue weighted by molar-refractivity contribution is -0.121. The predicted octanol–water partition coefficient (Wildman–Crippen LogP) is 1.66. The third kappa shape index (κ3) is 1.60. The van der Waals surface area contributed by atoms with Crippen molar-refractivity contribution in [2.75, 3.05) is 25.0 Å². The smallest absolute Gasteiger partial charge is 0.235 e. The number of anilines is 1. The van der Waals surface area contributed by atoms with Crippen LogP contribution in [0.15, 0.2) is 18.2 Å². The summed E-state index contributed by atoms with van der Waals surface area (Å²) in [5.74, 6) is 0.998. The Balaban J connectivity index is 2.03. The summed E-state index contributed by atoms with van der Waals surface area (Å²) in [4.78, 5) is 12.3. The van der Waals surface area contributed by atoms with Crippen LogP contribution in [-0.2, 0) is 10.2 Å². The van der Waals surface area contributed by atoms with Crippen molar-refractivity contribution in [3.05, 3.63) is 23.8 Å². The molecule has 1 amide bonds. The van der Waals surface area contributed by atoms with Gasteiger partial charge in [-0.2, -0.15) is 0 Å². The Morgan fingerprint density at radius 3 is 2.83 bits per heavy atom. The summed E-state index contributed by atoms with van der Waals surface area (Å²) in [5, 5.41) is 6.32. The fourth-order valence-corrected chi connectivity index (χ4v) is 3.00. The molecule has 96 valence electrons. The molecule has 1 saturated heterocycles. The van der Waals surface area contributed by atoms with Gasteiger partial charge < -0.3 is 15.4 Å². The quantitative estimate of drug-likeness (QED) is 0.834. The molecule has 4 heteroatoms. The lowest BCUT2D eigenvalue weighted by Crippen LogP contribution is -2.44. The van der Waals surface area contributed by atoms with E-state index >= 15 is 0 Å². The maximum atomic E-state index is 12.3. The number of hydrogen-bond acceptors (Lipinski definition) is 3. The van der Waals surface area contributed by atoms with Gasteiger partial charge in [0, 0.05) is 5.69 Å². The maximum Gasteiger partial charge on any atom is 0.235 e. The first-order valence-electron chi connectivity index (χ1n) is 6.56. The fourth-order valence-electron chi connectivity index (χ4n) is 3.00. The molecule has 0 aromatic heterocycles. The molecule has 1 spiro atoms. The van der Waals surface area contributed by atoms with Gasteiger partial charge in [0.2, 0.25) is 5.91 Å². The van der Waals surface area contributed by atoms with Crippen LogP contribution in [-0.4, -0.2) is 25.6 Å². The summed E-state index contributed by atoms with van der Waals surface area (Å²) in [6, 6.07) is 5.90. The molecule has 1 aromatic carbocycles. The van der Waals surface area contributed by atoms with Crippen LogP contribution in [0.5, 0.6) is 5.75 Å². The number of carbonyl (C=O) groups is 1. The number of ether oxygens (including phenoxy) is 1. The number of piperidine rings is 1. The van der Waals surface area contributed by atoms with Gasteiger partial charge in [-0.1, -0.05) is 0 Å². The summed E-state index contributed by atoms with van der Waals surface area (Å²) >= 11 is 0. The Labute approximate surface area is 107 Å². The van der Waals surface area contributed by atoms with E-state index in [4.69, 9.17) is 4.74 Å². The van der Waals surface area contributed by atoms with Crippen molar-refractivity contribution < 1.29 is 9.53 Å². The van der Waals surface area contributed by atoms with Gasteiger partial charge in [-0.15, -0.1) is 0 Å². The van der Waals surface area contributed by atoms with Gasteiger partial charge in [0.25, 0.3) is 0 Å². The summed E-state index contributed by atoms with van der Waals surface area (Å²) in [6.07, 6.45) is 1.73. The van der Waals surface area contributed by atoms with E-state index in [9.17, 15) is 4.79 Å². The first kappa shape index (κ1) is 11.5. The first-order chi connectivity index (χ1) is 8.76. The monoisotopic (exact) mass is 246 g/mol. The standard InChI is InChI=1S/C14H18N2O2/c1-2-18-10-3-4-12-11(9-10)14(13(17)16-12)5-7-15-8-6-14/h3-4,9,15H,2,5-8H2,1H3,(H,16,17). The predicted molar refractivity (Wildman–Crippen MR) is 70.0 cm³/mol. The molecule has 2 aliphatic rings. The molecule has 0 atom stereocenters. The Kier molecular flexibility index (Phi) is 2.74. The van der Waals surface area contributed by atoms with Crippen LogP contribution in [0.4, 0.5) is 5.69 Å². The van der Waals surface area contributed by atoms with E-state index in [0.717, 1.165) is 42.9 Å². The van der Waals surface area contributed by atoms with Crippen LogP contribution < -0.4 is 15.4 Å². The zero-order valence-electron chi connectivity index (χ0n) is 10.6. The van der Waals surface area contributed by atoms with Crippen molar-refractivity contribution in [3.8, 4) is 5.75 Å². The highest BCUT2D eigenvalue weighted by molar-refractivity contribution is 6.06. The Bertz CT molecular complexity index is 479. The third-order valence-electron chi connectivity index (χ3n) is 3.96. The van der Waals surface area contributed by atoms with Gasteiger partial charge in [-0.3, -0.25) is 4.79 Å². The minimum Gasteiger partial charge on any atom is -0.494 e. The molecule has 0 bridgehead atoms. The number of benzene rings is 1. The zero-order valence-corrected chi connectivity index (χ0v) is 10.6. The molecule has 1 fully saturated rings. The van der Waals surface area contributed by atoms with Crippen LogP contribution in [0.25, 0.3) is 0 Å². The second-order valence-electron chi connectivity index (χ2n) is 4.93. The van der Waals surface area contributed by atoms with Gasteiger partial charge >= 0.3 is 0 Å². The topological polar surface area (TPSA) is 50.4 Å². The first-order valence-corrected chi connectivity index (χ1v) is 6.56. The van der Waals surface area contributed by atoms with Crippen molar-refractivity contribution in [2.45, 2.75) is 25.2 Å². The van der Waals surface area contributed by atoms with Crippen molar-refractivity contribution in [1.82, 2.24) is 5.32 Å². The van der Waals surface area contributed by atoms with E-state index in [-0.39, 0.29) is 11.3 Å². The highest BCUT2D eigenvalue weighted by Gasteiger charge is 2.47. The molecule has 0 aliphatic carbocycles. The SMILES string of the molecule is CCOc1ccc2c(c1)C1(CCNCC1)C(=O)N2. The summed E-state index contributed by atoms with van der Waals surface area (Å²) in [6.45, 7) is 4.41. The molecule has 2 aliphatic heterocycles. The van der Waals surface area contributed by atoms with E-state index in [1.807, 2.05) is 25.1 Å². The minimum atomic E-state index is -0.340. The van der Waals surface area contributed by atoms with Gasteiger partial charge in [0.1, 0.15) is 5.75 Å². The molecule has 18 heavy (non-hydrogen) atoms. The lowest BCUT2D eigenvalue weighted by Gasteiger charge is -2.32. The number of rotatable bonds is 2. The molecule has 3 rings (SSSR count). The number of fused-ring (bicyclic) bond motifs is 2. The largest absolute Gasteiger partial charge is 0.494 e. The second kappa shape index (κ2) is 4.28. The van der Waals surface area contributed by atoms with Crippen molar-refractivity contribution >= 4 is 11.6 Å². The van der Waals surface area contributed by atoms with Crippen molar-refractivity contribution in [2.24, 2.45) is 0 Å². The van der Waals surface area contributed by atoms with Crippen molar-refractivity contribution in [1.29, 1.82) is 0 Å². The number of amides is 1. The molecule has 0 saturated carbocycles. The van der Waals surface area contributed by atoms with E-state index in [1.165, 1.54) is 0 Å². The second-order valence-corrected chi connectivity index (χ2v) is 4.93. The maximum absolute atomic E-state index is 12.3. The van der Waals surface area contributed by atoms with Gasteiger partial charge in [-0.25, -0.2) is 0 Å². The molecule has 2 N–H and O–H groups in total. The van der Waals surface area contributed by atoms with Crippen LogP contribution in [0, 0.1) is 0 Å². The Morgan fingerprint density at radius 1 is 1.33 bits per heavy atom. The average molecular weight is 246 g/mol. The highest BCUT2D eigenvalue weighted by Crippen LogP contribution is 2.45. The fraction of sp³-hybridized carbons (Fsp3) is 0.500.